The molecule has 1 aliphatic heterocycles. The SMILES string of the molecule is CC1CCC(c2cccc(Cl)c2)N(C(=O)C(=O)OCC(F)(F)F)C1. The van der Waals surface area contributed by atoms with Crippen molar-refractivity contribution in [1.29, 1.82) is 0 Å². The van der Waals surface area contributed by atoms with E-state index in [9.17, 15) is 22.8 Å². The Kier molecular flexibility index (Phi) is 5.74. The summed E-state index contributed by atoms with van der Waals surface area (Å²) < 4.78 is 40.5. The van der Waals surface area contributed by atoms with Crippen LogP contribution in [0, 0.1) is 5.92 Å². The first-order valence-electron chi connectivity index (χ1n) is 7.47. The maximum Gasteiger partial charge on any atom is 0.422 e. The number of benzene rings is 1. The summed E-state index contributed by atoms with van der Waals surface area (Å²) in [5.41, 5.74) is 0.742. The van der Waals surface area contributed by atoms with E-state index in [1.807, 2.05) is 6.92 Å². The lowest BCUT2D eigenvalue weighted by molar-refractivity contribution is -0.190. The first-order chi connectivity index (χ1) is 11.2. The summed E-state index contributed by atoms with van der Waals surface area (Å²) in [5.74, 6) is -2.41. The van der Waals surface area contributed by atoms with E-state index in [1.165, 1.54) is 4.90 Å². The molecule has 1 fully saturated rings. The van der Waals surface area contributed by atoms with Crippen molar-refractivity contribution >= 4 is 23.5 Å². The van der Waals surface area contributed by atoms with Crippen LogP contribution >= 0.6 is 11.6 Å². The van der Waals surface area contributed by atoms with E-state index in [0.717, 1.165) is 12.0 Å². The fraction of sp³-hybridized carbons (Fsp3) is 0.500. The lowest BCUT2D eigenvalue weighted by Gasteiger charge is -2.38. The average molecular weight is 364 g/mol. The number of carbonyl (C=O) groups excluding carboxylic acids is 2. The Morgan fingerprint density at radius 2 is 2.04 bits per heavy atom. The maximum atomic E-state index is 12.3. The van der Waals surface area contributed by atoms with Crippen molar-refractivity contribution in [3.8, 4) is 0 Å². The lowest BCUT2D eigenvalue weighted by atomic mass is 9.90. The van der Waals surface area contributed by atoms with E-state index >= 15 is 0 Å². The van der Waals surface area contributed by atoms with Gasteiger partial charge in [0.05, 0.1) is 6.04 Å². The van der Waals surface area contributed by atoms with Gasteiger partial charge in [-0.05, 0) is 36.5 Å². The zero-order valence-corrected chi connectivity index (χ0v) is 13.7. The number of esters is 1. The van der Waals surface area contributed by atoms with E-state index in [1.54, 1.807) is 24.3 Å². The minimum absolute atomic E-state index is 0.139. The molecule has 1 aromatic carbocycles. The van der Waals surface area contributed by atoms with Gasteiger partial charge in [-0.3, -0.25) is 4.79 Å². The van der Waals surface area contributed by atoms with E-state index in [-0.39, 0.29) is 12.5 Å². The third-order valence-corrected chi connectivity index (χ3v) is 4.09. The van der Waals surface area contributed by atoms with E-state index in [4.69, 9.17) is 11.6 Å². The van der Waals surface area contributed by atoms with Crippen LogP contribution in [0.1, 0.15) is 31.4 Å². The number of halogens is 4. The fourth-order valence-electron chi connectivity index (χ4n) is 2.76. The molecule has 0 radical (unpaired) electrons. The van der Waals surface area contributed by atoms with Gasteiger partial charge >= 0.3 is 18.1 Å². The van der Waals surface area contributed by atoms with Crippen molar-refractivity contribution < 1.29 is 27.5 Å². The molecule has 1 heterocycles. The Labute approximate surface area is 142 Å². The third-order valence-electron chi connectivity index (χ3n) is 3.85. The van der Waals surface area contributed by atoms with Gasteiger partial charge in [-0.1, -0.05) is 30.7 Å². The van der Waals surface area contributed by atoms with E-state index in [2.05, 4.69) is 4.74 Å². The Morgan fingerprint density at radius 1 is 1.33 bits per heavy atom. The molecule has 0 N–H and O–H groups in total. The minimum atomic E-state index is -4.67. The molecule has 0 aromatic heterocycles. The average Bonchev–Trinajstić information content (AvgIpc) is 2.51. The van der Waals surface area contributed by atoms with Crippen LogP contribution in [0.2, 0.25) is 5.02 Å². The number of nitrogens with zero attached hydrogens (tertiary/aromatic N) is 1. The fourth-order valence-corrected chi connectivity index (χ4v) is 2.96. The first kappa shape index (κ1) is 18.6. The van der Waals surface area contributed by atoms with Crippen molar-refractivity contribution in [2.24, 2.45) is 5.92 Å². The molecule has 1 amide bonds. The van der Waals surface area contributed by atoms with Crippen LogP contribution in [0.4, 0.5) is 13.2 Å². The van der Waals surface area contributed by atoms with Gasteiger partial charge in [0, 0.05) is 11.6 Å². The topological polar surface area (TPSA) is 46.6 Å². The first-order valence-corrected chi connectivity index (χ1v) is 7.85. The zero-order chi connectivity index (χ0) is 17.9. The number of hydrogen-bond donors (Lipinski definition) is 0. The van der Waals surface area contributed by atoms with Crippen molar-refractivity contribution in [3.63, 3.8) is 0 Å². The number of alkyl halides is 3. The smallest absolute Gasteiger partial charge is 0.422 e. The van der Waals surface area contributed by atoms with Crippen LogP contribution in [0.3, 0.4) is 0 Å². The number of rotatable bonds is 2. The lowest BCUT2D eigenvalue weighted by Crippen LogP contribution is -2.45. The van der Waals surface area contributed by atoms with Gasteiger partial charge in [0.2, 0.25) is 0 Å². The predicted molar refractivity (Wildman–Crippen MR) is 81.3 cm³/mol. The molecule has 2 rings (SSSR count). The summed E-state index contributed by atoms with van der Waals surface area (Å²) in [4.78, 5) is 25.3. The second-order valence-corrected chi connectivity index (χ2v) is 6.34. The number of hydrogen-bond acceptors (Lipinski definition) is 3. The van der Waals surface area contributed by atoms with Gasteiger partial charge in [0.15, 0.2) is 6.61 Å². The summed E-state index contributed by atoms with van der Waals surface area (Å²) in [7, 11) is 0. The molecule has 0 saturated carbocycles. The summed E-state index contributed by atoms with van der Waals surface area (Å²) in [6, 6.07) is 6.45. The van der Waals surface area contributed by atoms with Crippen LogP contribution in [-0.4, -0.2) is 36.1 Å². The summed E-state index contributed by atoms with van der Waals surface area (Å²) in [6.07, 6.45) is -3.24. The Hall–Kier alpha value is -1.76. The molecular formula is C16H17ClF3NO3. The molecule has 2 unspecified atom stereocenters. The van der Waals surface area contributed by atoms with Crippen LogP contribution < -0.4 is 0 Å². The maximum absolute atomic E-state index is 12.3. The predicted octanol–water partition coefficient (Wildman–Crippen LogP) is 3.75. The monoisotopic (exact) mass is 363 g/mol. The molecule has 0 aliphatic carbocycles. The van der Waals surface area contributed by atoms with Crippen LogP contribution in [0.5, 0.6) is 0 Å². The highest BCUT2D eigenvalue weighted by Gasteiger charge is 2.37. The van der Waals surface area contributed by atoms with E-state index < -0.39 is 30.7 Å². The van der Waals surface area contributed by atoms with Gasteiger partial charge in [0.1, 0.15) is 0 Å². The Bertz CT molecular complexity index is 621. The zero-order valence-electron chi connectivity index (χ0n) is 13.0. The van der Waals surface area contributed by atoms with E-state index in [0.29, 0.717) is 11.4 Å². The molecule has 0 bridgehead atoms. The third kappa shape index (κ3) is 4.87. The van der Waals surface area contributed by atoms with Crippen molar-refractivity contribution in [3.05, 3.63) is 34.9 Å². The van der Waals surface area contributed by atoms with Crippen molar-refractivity contribution in [2.45, 2.75) is 32.0 Å². The molecule has 1 aliphatic rings. The van der Waals surface area contributed by atoms with Gasteiger partial charge in [-0.25, -0.2) is 4.79 Å². The van der Waals surface area contributed by atoms with Crippen LogP contribution in [0.25, 0.3) is 0 Å². The molecule has 132 valence electrons. The highest BCUT2D eigenvalue weighted by molar-refractivity contribution is 6.32. The highest BCUT2D eigenvalue weighted by atomic mass is 35.5. The van der Waals surface area contributed by atoms with Crippen LogP contribution in [-0.2, 0) is 14.3 Å². The summed E-state index contributed by atoms with van der Waals surface area (Å²) in [5, 5.41) is 0.484. The molecule has 1 aromatic rings. The molecule has 4 nitrogen and oxygen atoms in total. The van der Waals surface area contributed by atoms with Gasteiger partial charge in [-0.2, -0.15) is 13.2 Å². The Balaban J connectivity index is 2.16. The molecule has 0 spiro atoms. The number of piperidine rings is 1. The second kappa shape index (κ2) is 7.42. The number of amides is 1. The standard InChI is InChI=1S/C16H17ClF3NO3/c1-10-5-6-13(11-3-2-4-12(17)7-11)21(8-10)14(22)15(23)24-9-16(18,19)20/h2-4,7,10,13H,5-6,8-9H2,1H3. The molecule has 24 heavy (non-hydrogen) atoms. The number of carbonyl (C=O) groups is 2. The molecule has 2 atom stereocenters. The van der Waals surface area contributed by atoms with Gasteiger partial charge in [-0.15, -0.1) is 0 Å². The largest absolute Gasteiger partial charge is 0.449 e. The van der Waals surface area contributed by atoms with Crippen LogP contribution in [0.15, 0.2) is 24.3 Å². The highest BCUT2D eigenvalue weighted by Crippen LogP contribution is 2.34. The quantitative estimate of drug-likeness (QED) is 0.594. The molecular weight excluding hydrogens is 347 g/mol. The normalized spacial score (nSPS) is 21.5. The minimum Gasteiger partial charge on any atom is -0.449 e. The summed E-state index contributed by atoms with van der Waals surface area (Å²) in [6.45, 7) is 0.412. The second-order valence-electron chi connectivity index (χ2n) is 5.90. The molecule has 1 saturated heterocycles. The summed E-state index contributed by atoms with van der Waals surface area (Å²) >= 11 is 5.96. The molecule has 8 heteroatoms. The van der Waals surface area contributed by atoms with Gasteiger partial charge < -0.3 is 9.64 Å². The number of likely N-dealkylation sites (tertiary alicyclic amines) is 1. The Morgan fingerprint density at radius 3 is 2.67 bits per heavy atom. The van der Waals surface area contributed by atoms with Crippen molar-refractivity contribution in [2.75, 3.05) is 13.2 Å². The number of ether oxygens (including phenoxy) is 1. The van der Waals surface area contributed by atoms with Crippen molar-refractivity contribution in [1.82, 2.24) is 4.90 Å². The van der Waals surface area contributed by atoms with Gasteiger partial charge in [0.25, 0.3) is 0 Å².